The largest absolute Gasteiger partial charge is 0.478 e. The summed E-state index contributed by atoms with van der Waals surface area (Å²) < 4.78 is 34.4. The maximum atomic E-state index is 14.3. The molecule has 1 aliphatic heterocycles. The fourth-order valence-corrected chi connectivity index (χ4v) is 2.56. The van der Waals surface area contributed by atoms with E-state index in [2.05, 4.69) is 15.9 Å². The maximum Gasteiger partial charge on any atom is 0.348 e. The van der Waals surface area contributed by atoms with E-state index in [9.17, 15) is 18.8 Å². The van der Waals surface area contributed by atoms with Gasteiger partial charge in [0.2, 0.25) is 0 Å². The van der Waals surface area contributed by atoms with Crippen LogP contribution in [0, 0.1) is 5.82 Å². The molecular weight excluding hydrogens is 415 g/mol. The first-order chi connectivity index (χ1) is 12.1. The van der Waals surface area contributed by atoms with Crippen LogP contribution < -0.4 is 4.74 Å². The van der Waals surface area contributed by atoms with Crippen molar-refractivity contribution in [3.8, 4) is 5.75 Å². The lowest BCUT2D eigenvalue weighted by molar-refractivity contribution is -0.222. The summed E-state index contributed by atoms with van der Waals surface area (Å²) in [4.78, 5) is 35.5. The van der Waals surface area contributed by atoms with Crippen molar-refractivity contribution in [1.82, 2.24) is 0 Å². The highest BCUT2D eigenvalue weighted by Gasteiger charge is 2.39. The molecule has 9 heteroatoms. The summed E-state index contributed by atoms with van der Waals surface area (Å²) in [5.41, 5.74) is -0.382. The van der Waals surface area contributed by atoms with E-state index in [4.69, 9.17) is 18.9 Å². The highest BCUT2D eigenvalue weighted by atomic mass is 79.9. The monoisotopic (exact) mass is 430 g/mol. The summed E-state index contributed by atoms with van der Waals surface area (Å²) in [5.74, 6) is -5.03. The number of esters is 3. The molecule has 0 bridgehead atoms. The Morgan fingerprint density at radius 1 is 1.27 bits per heavy atom. The van der Waals surface area contributed by atoms with E-state index in [-0.39, 0.29) is 17.9 Å². The van der Waals surface area contributed by atoms with Gasteiger partial charge in [-0.25, -0.2) is 18.8 Å². The van der Waals surface area contributed by atoms with Gasteiger partial charge >= 0.3 is 17.9 Å². The van der Waals surface area contributed by atoms with E-state index < -0.39 is 41.7 Å². The fourth-order valence-electron chi connectivity index (χ4n) is 2.11. The second kappa shape index (κ2) is 7.86. The summed E-state index contributed by atoms with van der Waals surface area (Å²) in [6, 6.07) is 2.53. The second-order valence-electron chi connectivity index (χ2n) is 5.64. The van der Waals surface area contributed by atoms with Crippen LogP contribution in [0.15, 0.2) is 22.2 Å². The van der Waals surface area contributed by atoms with E-state index >= 15 is 0 Å². The van der Waals surface area contributed by atoms with Crippen molar-refractivity contribution in [3.63, 3.8) is 0 Å². The Bertz CT molecular complexity index is 764. The molecule has 0 atom stereocenters. The third-order valence-electron chi connectivity index (χ3n) is 3.09. The van der Waals surface area contributed by atoms with Gasteiger partial charge in [0.1, 0.15) is 5.57 Å². The Labute approximate surface area is 157 Å². The summed E-state index contributed by atoms with van der Waals surface area (Å²) in [6.45, 7) is 4.05. The van der Waals surface area contributed by atoms with Crippen LogP contribution in [-0.4, -0.2) is 36.9 Å². The Balaban J connectivity index is 2.37. The third kappa shape index (κ3) is 4.81. The average Bonchev–Trinajstić information content (AvgIpc) is 2.49. The van der Waals surface area contributed by atoms with Crippen LogP contribution in [0.1, 0.15) is 26.3 Å². The first kappa shape index (κ1) is 19.9. The highest BCUT2D eigenvalue weighted by Crippen LogP contribution is 2.31. The molecule has 0 unspecified atom stereocenters. The molecule has 1 aromatic carbocycles. The van der Waals surface area contributed by atoms with Gasteiger partial charge in [-0.3, -0.25) is 0 Å². The smallest absolute Gasteiger partial charge is 0.348 e. The lowest BCUT2D eigenvalue weighted by Crippen LogP contribution is -2.41. The zero-order valence-electron chi connectivity index (χ0n) is 14.3. The topological polar surface area (TPSA) is 88.1 Å². The van der Waals surface area contributed by atoms with Gasteiger partial charge in [0.05, 0.1) is 6.61 Å². The molecule has 0 amide bonds. The van der Waals surface area contributed by atoms with E-state index in [0.29, 0.717) is 4.47 Å². The number of hydrogen-bond donors (Lipinski definition) is 0. The SMILES string of the molecule is CCOC(=O)COc1c(F)cc(Br)cc1C=C1C(=O)OC(C)(C)OC1=O. The Morgan fingerprint density at radius 2 is 1.88 bits per heavy atom. The van der Waals surface area contributed by atoms with Crippen molar-refractivity contribution in [2.24, 2.45) is 0 Å². The van der Waals surface area contributed by atoms with Gasteiger partial charge in [-0.1, -0.05) is 15.9 Å². The van der Waals surface area contributed by atoms with Gasteiger partial charge in [0.25, 0.3) is 5.79 Å². The summed E-state index contributed by atoms with van der Waals surface area (Å²) in [7, 11) is 0. The first-order valence-corrected chi connectivity index (χ1v) is 8.38. The molecule has 0 aromatic heterocycles. The van der Waals surface area contributed by atoms with Crippen LogP contribution in [0.25, 0.3) is 6.08 Å². The number of rotatable bonds is 5. The van der Waals surface area contributed by atoms with Crippen LogP contribution in [0.3, 0.4) is 0 Å². The molecule has 1 aromatic rings. The second-order valence-corrected chi connectivity index (χ2v) is 6.55. The Kier molecular flexibility index (Phi) is 6.01. The zero-order valence-corrected chi connectivity index (χ0v) is 15.8. The minimum Gasteiger partial charge on any atom is -0.478 e. The molecule has 26 heavy (non-hydrogen) atoms. The fraction of sp³-hybridized carbons (Fsp3) is 0.353. The minimum atomic E-state index is -1.39. The molecule has 0 spiro atoms. The Hall–Kier alpha value is -2.42. The molecular formula is C17H16BrFO7. The first-order valence-electron chi connectivity index (χ1n) is 7.59. The number of carbonyl (C=O) groups excluding carboxylic acids is 3. The predicted molar refractivity (Wildman–Crippen MR) is 90.5 cm³/mol. The molecule has 1 aliphatic rings. The van der Waals surface area contributed by atoms with Crippen LogP contribution in [0.5, 0.6) is 5.75 Å². The molecule has 7 nitrogen and oxygen atoms in total. The van der Waals surface area contributed by atoms with E-state index in [0.717, 1.165) is 12.1 Å². The van der Waals surface area contributed by atoms with Crippen LogP contribution >= 0.6 is 15.9 Å². The van der Waals surface area contributed by atoms with E-state index in [1.807, 2.05) is 0 Å². The molecule has 1 saturated heterocycles. The molecule has 1 fully saturated rings. The van der Waals surface area contributed by atoms with Crippen molar-refractivity contribution in [2.45, 2.75) is 26.6 Å². The summed E-state index contributed by atoms with van der Waals surface area (Å²) in [5, 5.41) is 0. The quantitative estimate of drug-likeness (QED) is 0.403. The number of cyclic esters (lactones) is 2. The molecule has 140 valence electrons. The van der Waals surface area contributed by atoms with E-state index in [1.54, 1.807) is 6.92 Å². The van der Waals surface area contributed by atoms with Crippen LogP contribution in [0.4, 0.5) is 4.39 Å². The van der Waals surface area contributed by atoms with Crippen molar-refractivity contribution in [2.75, 3.05) is 13.2 Å². The number of ether oxygens (including phenoxy) is 4. The lowest BCUT2D eigenvalue weighted by Gasteiger charge is -2.29. The zero-order chi connectivity index (χ0) is 19.5. The van der Waals surface area contributed by atoms with E-state index in [1.165, 1.54) is 19.9 Å². The third-order valence-corrected chi connectivity index (χ3v) is 3.55. The van der Waals surface area contributed by atoms with Gasteiger partial charge in [-0.15, -0.1) is 0 Å². The number of hydrogen-bond acceptors (Lipinski definition) is 7. The number of halogens is 2. The van der Waals surface area contributed by atoms with Crippen LogP contribution in [-0.2, 0) is 28.6 Å². The standard InChI is InChI=1S/C17H16BrFO7/c1-4-23-13(20)8-24-14-9(5-10(18)7-12(14)19)6-11-15(21)25-17(2,3)26-16(11)22/h5-7H,4,8H2,1-3H3. The van der Waals surface area contributed by atoms with Crippen molar-refractivity contribution in [1.29, 1.82) is 0 Å². The molecule has 0 radical (unpaired) electrons. The van der Waals surface area contributed by atoms with Crippen molar-refractivity contribution in [3.05, 3.63) is 33.6 Å². The average molecular weight is 431 g/mol. The number of benzene rings is 1. The van der Waals surface area contributed by atoms with Crippen LogP contribution in [0.2, 0.25) is 0 Å². The normalized spacial score (nSPS) is 15.8. The lowest BCUT2D eigenvalue weighted by atomic mass is 10.1. The molecule has 2 rings (SSSR count). The molecule has 1 heterocycles. The van der Waals surface area contributed by atoms with Gasteiger partial charge in [-0.05, 0) is 25.1 Å². The molecule has 0 N–H and O–H groups in total. The van der Waals surface area contributed by atoms with Gasteiger partial charge in [0.15, 0.2) is 18.2 Å². The van der Waals surface area contributed by atoms with Crippen molar-refractivity contribution < 1.29 is 37.7 Å². The highest BCUT2D eigenvalue weighted by molar-refractivity contribution is 9.10. The minimum absolute atomic E-state index is 0.0461. The van der Waals surface area contributed by atoms with Gasteiger partial charge in [0, 0.05) is 23.9 Å². The predicted octanol–water partition coefficient (Wildman–Crippen LogP) is 2.75. The Morgan fingerprint density at radius 3 is 2.46 bits per heavy atom. The summed E-state index contributed by atoms with van der Waals surface area (Å²) in [6.07, 6.45) is 1.08. The molecule has 0 saturated carbocycles. The maximum absolute atomic E-state index is 14.3. The molecule has 0 aliphatic carbocycles. The van der Waals surface area contributed by atoms with Gasteiger partial charge < -0.3 is 18.9 Å². The number of carbonyl (C=O) groups is 3. The van der Waals surface area contributed by atoms with Crippen molar-refractivity contribution >= 4 is 39.9 Å². The van der Waals surface area contributed by atoms with Gasteiger partial charge in [-0.2, -0.15) is 0 Å². The summed E-state index contributed by atoms with van der Waals surface area (Å²) >= 11 is 3.12.